The van der Waals surface area contributed by atoms with Crippen LogP contribution >= 0.6 is 11.6 Å². The Morgan fingerprint density at radius 3 is 1.86 bits per heavy atom. The molecule has 39 heteroatoms. The first-order chi connectivity index (χ1) is 38.3. The van der Waals surface area contributed by atoms with E-state index in [0.717, 1.165) is 42.5 Å². The summed E-state index contributed by atoms with van der Waals surface area (Å²) in [5.41, 5.74) is -2.59. The molecular weight excluding hydrogens is 1230 g/mol. The first-order valence-electron chi connectivity index (χ1n) is 22.2. The number of rotatable bonds is 20. The van der Waals surface area contributed by atoms with Crippen molar-refractivity contribution < 1.29 is 79.6 Å². The summed E-state index contributed by atoms with van der Waals surface area (Å²) >= 11 is 6.24. The Bertz CT molecular complexity index is 4620. The van der Waals surface area contributed by atoms with Crippen LogP contribution in [-0.4, -0.2) is 150 Å². The molecule has 0 amide bonds. The molecule has 0 bridgehead atoms. The Labute approximate surface area is 495 Å². The minimum Gasteiger partial charge on any atom is -0.505 e. The number of hydrogen-bond acceptors (Lipinski definition) is 27. The monoisotopic (exact) mass is 1270 g/mol. The topological polar surface area (TPSA) is 476 Å². The van der Waals surface area contributed by atoms with Crippen LogP contribution in [0.2, 0.25) is 5.28 Å². The van der Waals surface area contributed by atoms with E-state index in [1.165, 1.54) is 43.5 Å². The molecule has 1 atom stereocenters. The van der Waals surface area contributed by atoms with Crippen LogP contribution in [0.1, 0.15) is 6.92 Å². The van der Waals surface area contributed by atoms with Gasteiger partial charge in [-0.15, -0.1) is 15.3 Å². The zero-order valence-corrected chi connectivity index (χ0v) is 48.9. The van der Waals surface area contributed by atoms with Crippen molar-refractivity contribution in [2.75, 3.05) is 34.9 Å². The number of ether oxygens (including phenoxy) is 1. The van der Waals surface area contributed by atoms with Crippen LogP contribution < -0.4 is 26.0 Å². The van der Waals surface area contributed by atoms with Gasteiger partial charge in [-0.3, -0.25) is 18.2 Å². The van der Waals surface area contributed by atoms with Gasteiger partial charge in [0, 0.05) is 70.1 Å². The Kier molecular flexibility index (Phi) is 18.3. The fourth-order valence-electron chi connectivity index (χ4n) is 7.37. The Morgan fingerprint density at radius 2 is 1.23 bits per heavy atom. The predicted octanol–water partition coefficient (Wildman–Crippen LogP) is 7.33. The van der Waals surface area contributed by atoms with Crippen LogP contribution in [0.25, 0.3) is 21.5 Å². The molecular formula is C44H36ClFN14NaO17S5. The summed E-state index contributed by atoms with van der Waals surface area (Å²) in [6.45, 7) is 4.69. The molecule has 0 aliphatic heterocycles. The van der Waals surface area contributed by atoms with Crippen molar-refractivity contribution in [3.05, 3.63) is 108 Å². The second-order valence-electron chi connectivity index (χ2n) is 16.7. The molecule has 2 heterocycles. The van der Waals surface area contributed by atoms with Crippen LogP contribution in [0, 0.1) is 6.08 Å². The van der Waals surface area contributed by atoms with Crippen LogP contribution in [0.4, 0.5) is 62.3 Å². The Balaban J connectivity index is 0.00000990. The number of phenols is 2. The fraction of sp³-hybridized carbons (Fsp3) is 0.0909. The first kappa shape index (κ1) is 62.8. The molecule has 0 fully saturated rings. The van der Waals surface area contributed by atoms with Crippen molar-refractivity contribution in [1.29, 1.82) is 0 Å². The van der Waals surface area contributed by atoms with Gasteiger partial charge in [-0.05, 0) is 108 Å². The smallest absolute Gasteiger partial charge is 0.315 e. The summed E-state index contributed by atoms with van der Waals surface area (Å²) in [6, 6.07) is 14.2. The maximum absolute atomic E-state index is 14.9. The van der Waals surface area contributed by atoms with Gasteiger partial charge >= 0.3 is 6.08 Å². The van der Waals surface area contributed by atoms with Crippen molar-refractivity contribution in [1.82, 2.24) is 29.9 Å². The number of aromatic hydroxyl groups is 2. The second kappa shape index (κ2) is 24.2. The van der Waals surface area contributed by atoms with E-state index in [1.807, 2.05) is 0 Å². The molecule has 6 aromatic carbocycles. The third-order valence-corrected chi connectivity index (χ3v) is 16.0. The van der Waals surface area contributed by atoms with E-state index >= 15 is 0 Å². The number of azo groups is 2. The number of sulfone groups is 1. The van der Waals surface area contributed by atoms with E-state index in [2.05, 4.69) is 78.2 Å². The van der Waals surface area contributed by atoms with E-state index in [-0.39, 0.29) is 80.8 Å². The number of benzene rings is 6. The third kappa shape index (κ3) is 14.7. The molecule has 0 saturated heterocycles. The van der Waals surface area contributed by atoms with Crippen molar-refractivity contribution in [2.24, 2.45) is 20.5 Å². The molecule has 31 nitrogen and oxygen atoms in total. The maximum Gasteiger partial charge on any atom is 0.315 e. The summed E-state index contributed by atoms with van der Waals surface area (Å²) in [4.78, 5) is 19.7. The quantitative estimate of drug-likeness (QED) is 0.0203. The second-order valence-corrected chi connectivity index (χ2v) is 24.5. The summed E-state index contributed by atoms with van der Waals surface area (Å²) in [5, 5.41) is 48.1. The number of nitrogens with zero attached hydrogens (tertiary/aromatic N) is 10. The minimum absolute atomic E-state index is 0. The molecule has 0 spiro atoms. The van der Waals surface area contributed by atoms with Crippen molar-refractivity contribution in [2.45, 2.75) is 37.4 Å². The third-order valence-electron chi connectivity index (χ3n) is 11.0. The normalized spacial score (nSPS) is 12.8. The van der Waals surface area contributed by atoms with E-state index in [1.54, 1.807) is 6.92 Å². The average molecular weight is 1270 g/mol. The van der Waals surface area contributed by atoms with Crippen molar-refractivity contribution in [3.8, 4) is 17.2 Å². The average Bonchev–Trinajstić information content (AvgIpc) is 1.95. The molecule has 83 heavy (non-hydrogen) atoms. The van der Waals surface area contributed by atoms with Crippen molar-refractivity contribution >= 4 is 171 Å². The molecule has 0 saturated carbocycles. The number of methoxy groups -OCH3 is 1. The number of halogens is 2. The van der Waals surface area contributed by atoms with Crippen LogP contribution in [-0.2, 0) is 50.3 Å². The van der Waals surface area contributed by atoms with Crippen LogP contribution in [0.5, 0.6) is 17.2 Å². The molecule has 0 aliphatic carbocycles. The summed E-state index contributed by atoms with van der Waals surface area (Å²) in [7, 11) is -23.1. The van der Waals surface area contributed by atoms with Gasteiger partial charge in [-0.2, -0.15) is 73.1 Å². The molecule has 10 N–H and O–H groups in total. The molecule has 2 aromatic heterocycles. The number of fused-ring (bicyclic) bond motifs is 2. The van der Waals surface area contributed by atoms with E-state index in [4.69, 9.17) is 16.3 Å². The number of aromatic nitrogens is 6. The van der Waals surface area contributed by atoms with Gasteiger partial charge in [0.15, 0.2) is 21.3 Å². The standard InChI is InChI=1S/C44H36ClFN14O17S5.Na/c1-4-78(63,64)26-9-5-23(6-10-26)57-59-36-33(82(74,75)76)16-22-14-27(79(65,66)67)18-30(34(22)38(36)62)50-44-52-39(45)51-42(56-44)48-20(2)19-47-41-53-40(46)54-43(55-41)49-24-7-11-28-21(13-24)15-32(81(71,72)73)35(37(28)61)60-58-29-12-8-25(77-3)17-31(29)80(68,69)70;/h4-18,20,61-62H,1,19H2,2-3H3,(H,65,66,67)(H,68,69,70)(H,71,72,73)(H,74,75,76)(H2,47,49,53,54,55)(H2,48,50,51,52,56);. The van der Waals surface area contributed by atoms with Gasteiger partial charge in [-0.1, -0.05) is 6.58 Å². The van der Waals surface area contributed by atoms with E-state index in [9.17, 15) is 74.9 Å². The molecule has 1 unspecified atom stereocenters. The van der Waals surface area contributed by atoms with Gasteiger partial charge in [0.25, 0.3) is 40.5 Å². The zero-order valence-electron chi connectivity index (χ0n) is 42.1. The van der Waals surface area contributed by atoms with Crippen LogP contribution in [0.3, 0.4) is 0 Å². The fourth-order valence-corrected chi connectivity index (χ4v) is 10.7. The SMILES string of the molecule is C=CS(=O)(=O)c1ccc(N=Nc2c(S(=O)(=O)O)cc3cc(S(=O)(=O)O)cc(Nc4nc(Cl)nc(NC(C)CNc5nc(F)nc(Nc6ccc7c(O)c(N=Nc8ccc(OC)cc8S(=O)(=O)O)c(S(=O)(=O)O)cc7c6)n5)n4)c3c2O)cc1.[Na]. The molecule has 1 radical (unpaired) electrons. The summed E-state index contributed by atoms with van der Waals surface area (Å²) < 4.78 is 183. The first-order valence-corrected chi connectivity index (χ1v) is 29.9. The number of phenolic OH excluding ortho intramolecular Hbond substituents is 2. The van der Waals surface area contributed by atoms with Gasteiger partial charge in [0.2, 0.25) is 29.1 Å². The van der Waals surface area contributed by atoms with Gasteiger partial charge < -0.3 is 36.2 Å². The molecule has 8 aromatic rings. The Morgan fingerprint density at radius 1 is 0.639 bits per heavy atom. The molecule has 8 rings (SSSR count). The predicted molar refractivity (Wildman–Crippen MR) is 294 cm³/mol. The van der Waals surface area contributed by atoms with Gasteiger partial charge in [0.1, 0.15) is 37.5 Å². The van der Waals surface area contributed by atoms with E-state index in [0.29, 0.717) is 11.5 Å². The number of hydrogen-bond donors (Lipinski definition) is 10. The van der Waals surface area contributed by atoms with Gasteiger partial charge in [-0.25, -0.2) is 8.42 Å². The zero-order chi connectivity index (χ0) is 59.9. The minimum atomic E-state index is -5.27. The summed E-state index contributed by atoms with van der Waals surface area (Å²) in [6.07, 6.45) is -1.29. The largest absolute Gasteiger partial charge is 0.505 e. The van der Waals surface area contributed by atoms with E-state index < -0.39 is 144 Å². The number of nitrogens with one attached hydrogen (secondary N) is 4. The Hall–Kier alpha value is -7.79. The van der Waals surface area contributed by atoms with Crippen LogP contribution in [0.15, 0.2) is 142 Å². The number of anilines is 6. The van der Waals surface area contributed by atoms with Crippen molar-refractivity contribution in [3.63, 3.8) is 0 Å². The van der Waals surface area contributed by atoms with Gasteiger partial charge in [0.05, 0.1) is 28.3 Å². The summed E-state index contributed by atoms with van der Waals surface area (Å²) in [5.74, 6) is -3.30. The molecule has 429 valence electrons. The maximum atomic E-state index is 14.9. The molecule has 0 aliphatic rings.